The lowest BCUT2D eigenvalue weighted by molar-refractivity contribution is -0.117. The van der Waals surface area contributed by atoms with E-state index in [1.165, 1.54) is 0 Å². The van der Waals surface area contributed by atoms with Gasteiger partial charge in [-0.1, -0.05) is 43.3 Å². The highest BCUT2D eigenvalue weighted by Crippen LogP contribution is 2.47. The molecule has 2 atom stereocenters. The number of allylic oxidation sites excluding steroid dienone is 2. The van der Waals surface area contributed by atoms with Gasteiger partial charge in [0.05, 0.1) is 11.3 Å². The number of hydrogen-bond donors (Lipinski definition) is 1. The van der Waals surface area contributed by atoms with E-state index in [1.54, 1.807) is 0 Å². The van der Waals surface area contributed by atoms with E-state index in [2.05, 4.69) is 18.0 Å². The zero-order chi connectivity index (χ0) is 16.0. The molecule has 0 saturated heterocycles. The van der Waals surface area contributed by atoms with Crippen molar-refractivity contribution in [3.05, 3.63) is 53.4 Å². The van der Waals surface area contributed by atoms with Crippen LogP contribution < -0.4 is 0 Å². The van der Waals surface area contributed by atoms with Crippen molar-refractivity contribution in [1.82, 2.24) is 9.97 Å². The Morgan fingerprint density at radius 1 is 1.35 bits per heavy atom. The molecule has 0 fully saturated rings. The highest BCUT2D eigenvalue weighted by Gasteiger charge is 2.45. The van der Waals surface area contributed by atoms with Crippen LogP contribution >= 0.6 is 0 Å². The third-order valence-corrected chi connectivity index (χ3v) is 5.22. The van der Waals surface area contributed by atoms with Gasteiger partial charge in [-0.15, -0.1) is 0 Å². The van der Waals surface area contributed by atoms with Crippen LogP contribution in [-0.4, -0.2) is 15.8 Å². The van der Waals surface area contributed by atoms with Gasteiger partial charge in [0.1, 0.15) is 11.9 Å². The van der Waals surface area contributed by atoms with E-state index in [0.29, 0.717) is 6.42 Å². The standard InChI is InChI=1S/C19H17N3O/c1-19-10-13(11-20)16(23)9-14(19)7-8-15-17(19)22-18(21-15)12-5-3-2-4-6-12/h2-6,10,14H,7-9H2,1H3,(H,21,22). The number of rotatable bonds is 1. The Hall–Kier alpha value is -2.67. The minimum atomic E-state index is -0.337. The van der Waals surface area contributed by atoms with Gasteiger partial charge in [0, 0.05) is 23.1 Å². The molecule has 2 aliphatic rings. The first kappa shape index (κ1) is 14.0. The molecule has 114 valence electrons. The van der Waals surface area contributed by atoms with Crippen LogP contribution in [0.4, 0.5) is 0 Å². The number of nitrogens with zero attached hydrogens (tertiary/aromatic N) is 2. The van der Waals surface area contributed by atoms with Crippen molar-refractivity contribution >= 4 is 5.78 Å². The summed E-state index contributed by atoms with van der Waals surface area (Å²) in [6.45, 7) is 2.11. The number of aromatic nitrogens is 2. The minimum Gasteiger partial charge on any atom is -0.342 e. The summed E-state index contributed by atoms with van der Waals surface area (Å²) in [4.78, 5) is 20.3. The van der Waals surface area contributed by atoms with Crippen molar-refractivity contribution < 1.29 is 4.79 Å². The summed E-state index contributed by atoms with van der Waals surface area (Å²) in [5.41, 5.74) is 3.12. The summed E-state index contributed by atoms with van der Waals surface area (Å²) in [6, 6.07) is 12.1. The van der Waals surface area contributed by atoms with Crippen molar-refractivity contribution in [2.45, 2.75) is 31.6 Å². The van der Waals surface area contributed by atoms with E-state index >= 15 is 0 Å². The van der Waals surface area contributed by atoms with Crippen LogP contribution in [0, 0.1) is 17.2 Å². The van der Waals surface area contributed by atoms with Crippen LogP contribution in [0.25, 0.3) is 11.4 Å². The minimum absolute atomic E-state index is 0.0303. The van der Waals surface area contributed by atoms with Crippen LogP contribution in [0.1, 0.15) is 31.2 Å². The Labute approximate surface area is 134 Å². The number of carbonyl (C=O) groups is 1. The van der Waals surface area contributed by atoms with Crippen molar-refractivity contribution in [2.75, 3.05) is 0 Å². The van der Waals surface area contributed by atoms with Gasteiger partial charge in [-0.3, -0.25) is 4.79 Å². The molecule has 0 amide bonds. The molecule has 1 aromatic heterocycles. The topological polar surface area (TPSA) is 69.5 Å². The van der Waals surface area contributed by atoms with E-state index in [-0.39, 0.29) is 22.7 Å². The lowest BCUT2D eigenvalue weighted by Crippen LogP contribution is -2.40. The molecule has 0 aliphatic heterocycles. The molecular weight excluding hydrogens is 286 g/mol. The van der Waals surface area contributed by atoms with Crippen LogP contribution in [0.15, 0.2) is 42.0 Å². The van der Waals surface area contributed by atoms with E-state index in [9.17, 15) is 10.1 Å². The smallest absolute Gasteiger partial charge is 0.173 e. The van der Waals surface area contributed by atoms with E-state index in [0.717, 1.165) is 35.6 Å². The first-order chi connectivity index (χ1) is 11.1. The molecule has 0 radical (unpaired) electrons. The Kier molecular flexibility index (Phi) is 2.99. The van der Waals surface area contributed by atoms with Crippen LogP contribution in [0.5, 0.6) is 0 Å². The fraction of sp³-hybridized carbons (Fsp3) is 0.316. The SMILES string of the molecule is CC12C=C(C#N)C(=O)CC1CCc1[nH]c(-c3ccccc3)nc12. The molecule has 23 heavy (non-hydrogen) atoms. The van der Waals surface area contributed by atoms with Crippen molar-refractivity contribution in [2.24, 2.45) is 5.92 Å². The number of benzene rings is 1. The lowest BCUT2D eigenvalue weighted by Gasteiger charge is -2.40. The number of imidazole rings is 1. The van der Waals surface area contributed by atoms with Gasteiger partial charge < -0.3 is 4.98 Å². The van der Waals surface area contributed by atoms with Gasteiger partial charge in [0.15, 0.2) is 5.78 Å². The fourth-order valence-electron chi connectivity index (χ4n) is 3.89. The Morgan fingerprint density at radius 3 is 2.87 bits per heavy atom. The lowest BCUT2D eigenvalue weighted by atomic mass is 9.62. The Morgan fingerprint density at radius 2 is 2.13 bits per heavy atom. The number of carbonyl (C=O) groups excluding carboxylic acids is 1. The zero-order valence-corrected chi connectivity index (χ0v) is 13.0. The van der Waals surface area contributed by atoms with Crippen molar-refractivity contribution in [1.29, 1.82) is 5.26 Å². The molecular formula is C19H17N3O. The fourth-order valence-corrected chi connectivity index (χ4v) is 3.89. The molecule has 4 rings (SSSR count). The van der Waals surface area contributed by atoms with Crippen LogP contribution in [-0.2, 0) is 16.6 Å². The average molecular weight is 303 g/mol. The van der Waals surface area contributed by atoms with E-state index in [1.807, 2.05) is 36.4 Å². The second-order valence-electron chi connectivity index (χ2n) is 6.59. The normalized spacial score (nSPS) is 26.0. The van der Waals surface area contributed by atoms with Crippen LogP contribution in [0.2, 0.25) is 0 Å². The second-order valence-corrected chi connectivity index (χ2v) is 6.59. The molecule has 2 aliphatic carbocycles. The molecule has 0 spiro atoms. The molecule has 4 heteroatoms. The number of H-pyrrole nitrogens is 1. The molecule has 2 aromatic rings. The first-order valence-corrected chi connectivity index (χ1v) is 7.93. The number of hydrogen-bond acceptors (Lipinski definition) is 3. The molecule has 0 saturated carbocycles. The Balaban J connectivity index is 1.86. The maximum absolute atomic E-state index is 12.0. The molecule has 1 N–H and O–H groups in total. The van der Waals surface area contributed by atoms with Gasteiger partial charge >= 0.3 is 0 Å². The number of nitriles is 1. The third kappa shape index (κ3) is 2.04. The van der Waals surface area contributed by atoms with Gasteiger partial charge in [-0.05, 0) is 18.8 Å². The number of aryl methyl sites for hydroxylation is 1. The maximum Gasteiger partial charge on any atom is 0.173 e. The van der Waals surface area contributed by atoms with Gasteiger partial charge in [0.25, 0.3) is 0 Å². The quantitative estimate of drug-likeness (QED) is 0.878. The first-order valence-electron chi connectivity index (χ1n) is 7.93. The summed E-state index contributed by atoms with van der Waals surface area (Å²) >= 11 is 0. The average Bonchev–Trinajstić information content (AvgIpc) is 3.01. The highest BCUT2D eigenvalue weighted by atomic mass is 16.1. The van der Waals surface area contributed by atoms with Gasteiger partial charge in [-0.2, -0.15) is 5.26 Å². The molecule has 0 bridgehead atoms. The predicted molar refractivity (Wildman–Crippen MR) is 86.5 cm³/mol. The monoisotopic (exact) mass is 303 g/mol. The van der Waals surface area contributed by atoms with Gasteiger partial charge in [0.2, 0.25) is 0 Å². The van der Waals surface area contributed by atoms with Crippen molar-refractivity contribution in [3.63, 3.8) is 0 Å². The van der Waals surface area contributed by atoms with Gasteiger partial charge in [-0.25, -0.2) is 4.98 Å². The summed E-state index contributed by atoms with van der Waals surface area (Å²) in [5, 5.41) is 9.23. The summed E-state index contributed by atoms with van der Waals surface area (Å²) in [7, 11) is 0. The third-order valence-electron chi connectivity index (χ3n) is 5.22. The Bertz CT molecular complexity index is 856. The summed E-state index contributed by atoms with van der Waals surface area (Å²) in [5.74, 6) is 1.06. The number of ketones is 1. The van der Waals surface area contributed by atoms with Crippen LogP contribution in [0.3, 0.4) is 0 Å². The molecule has 1 aromatic carbocycles. The highest BCUT2D eigenvalue weighted by molar-refractivity contribution is 6.00. The van der Waals surface area contributed by atoms with E-state index < -0.39 is 0 Å². The van der Waals surface area contributed by atoms with Crippen molar-refractivity contribution in [3.8, 4) is 17.5 Å². The summed E-state index contributed by atoms with van der Waals surface area (Å²) < 4.78 is 0. The number of aromatic amines is 1. The zero-order valence-electron chi connectivity index (χ0n) is 13.0. The number of Topliss-reactive ketones (excluding diaryl/α,β-unsaturated/α-hetero) is 1. The molecule has 1 heterocycles. The number of nitrogens with one attached hydrogen (secondary N) is 1. The van der Waals surface area contributed by atoms with E-state index in [4.69, 9.17) is 4.98 Å². The number of fused-ring (bicyclic) bond motifs is 3. The summed E-state index contributed by atoms with van der Waals surface area (Å²) in [6.07, 6.45) is 4.14. The maximum atomic E-state index is 12.0. The predicted octanol–water partition coefficient (Wildman–Crippen LogP) is 3.32. The largest absolute Gasteiger partial charge is 0.342 e. The molecule has 4 nitrogen and oxygen atoms in total. The molecule has 2 unspecified atom stereocenters. The second kappa shape index (κ2) is 4.92.